The number of aromatic nitrogens is 1. The maximum absolute atomic E-state index is 14.2. The molecule has 3 atom stereocenters. The number of hydrogen-bond donors (Lipinski definition) is 2. The second-order valence-corrected chi connectivity index (χ2v) is 11.2. The van der Waals surface area contributed by atoms with Crippen LogP contribution in [0.4, 0.5) is 4.39 Å². The number of carbonyl (C=O) groups is 1. The van der Waals surface area contributed by atoms with Crippen LogP contribution in [0.2, 0.25) is 0 Å². The van der Waals surface area contributed by atoms with E-state index in [-0.39, 0.29) is 29.8 Å². The monoisotopic (exact) mass is 479 g/mol. The third-order valence-electron chi connectivity index (χ3n) is 9.26. The van der Waals surface area contributed by atoms with E-state index in [2.05, 4.69) is 16.0 Å². The Hall–Kier alpha value is -2.51. The van der Waals surface area contributed by atoms with Crippen molar-refractivity contribution in [1.82, 2.24) is 14.8 Å². The van der Waals surface area contributed by atoms with Crippen molar-refractivity contribution in [2.75, 3.05) is 26.2 Å². The van der Waals surface area contributed by atoms with Gasteiger partial charge >= 0.3 is 0 Å². The van der Waals surface area contributed by atoms with Crippen LogP contribution in [0, 0.1) is 18.7 Å². The van der Waals surface area contributed by atoms with Crippen molar-refractivity contribution in [2.45, 2.75) is 68.9 Å². The number of phenols is 1. The first-order chi connectivity index (χ1) is 16.8. The lowest BCUT2D eigenvalue weighted by molar-refractivity contribution is -0.149. The number of fused-ring (bicyclic) bond motifs is 1. The fourth-order valence-electron chi connectivity index (χ4n) is 7.10. The lowest BCUT2D eigenvalue weighted by atomic mass is 9.52. The molecule has 186 valence electrons. The fraction of sp³-hybridized carbons (Fsp3) is 0.571. The number of carbonyl (C=O) groups excluding carboxylic acids is 1. The zero-order valence-electron chi connectivity index (χ0n) is 20.3. The topological polar surface area (TPSA) is 76.9 Å². The summed E-state index contributed by atoms with van der Waals surface area (Å²) in [5.74, 6) is 0.374. The van der Waals surface area contributed by atoms with E-state index >= 15 is 0 Å². The van der Waals surface area contributed by atoms with E-state index in [1.165, 1.54) is 36.7 Å². The summed E-state index contributed by atoms with van der Waals surface area (Å²) in [6.07, 6.45) is 6.63. The highest BCUT2D eigenvalue weighted by molar-refractivity contribution is 5.78. The number of aliphatic hydroxyl groups is 1. The zero-order chi connectivity index (χ0) is 24.4. The summed E-state index contributed by atoms with van der Waals surface area (Å²) in [4.78, 5) is 21.6. The molecule has 6 rings (SSSR count). The van der Waals surface area contributed by atoms with Gasteiger partial charge in [0.25, 0.3) is 0 Å². The number of likely N-dealkylation sites (tertiary alicyclic amines) is 2. The molecular weight excluding hydrogens is 445 g/mol. The molecule has 3 fully saturated rings. The summed E-state index contributed by atoms with van der Waals surface area (Å²) in [5.41, 5.74) is 1.79. The number of nitrogens with zero attached hydrogens (tertiary/aromatic N) is 3. The standard InChI is InChI=1S/C28H34FN3O3/c1-18-13-20-14-25-28(35)8-12-31(26(34)16-23-22(29)3-2-9-30-23)10-6-27(28,21(20)15-24(18)33)7-11-32(25)17-19-4-5-19/h2-3,9,13,15,19,25,33,35H,4-8,10-12,14,16-17H2,1H3/t25-,27+,28-/m1/s1. The van der Waals surface area contributed by atoms with E-state index in [4.69, 9.17) is 0 Å². The van der Waals surface area contributed by atoms with Gasteiger partial charge in [-0.05, 0) is 92.8 Å². The van der Waals surface area contributed by atoms with Crippen LogP contribution >= 0.6 is 0 Å². The van der Waals surface area contributed by atoms with E-state index in [9.17, 15) is 19.4 Å². The lowest BCUT2D eigenvalue weighted by Gasteiger charge is -2.61. The molecule has 2 aromatic rings. The molecule has 0 unspecified atom stereocenters. The van der Waals surface area contributed by atoms with Gasteiger partial charge in [0.1, 0.15) is 11.6 Å². The number of phenolic OH excluding ortho intramolecular Hbond substituents is 1. The Balaban J connectivity index is 1.35. The lowest BCUT2D eigenvalue weighted by Crippen LogP contribution is -2.71. The SMILES string of the molecule is Cc1cc2c(cc1O)[C@@]13CCN(C(=O)Cc4ncccc4F)CC[C@@]1(O)[C@@H](C2)N(CC1CC1)CC3. The summed E-state index contributed by atoms with van der Waals surface area (Å²) < 4.78 is 14.2. The third-order valence-corrected chi connectivity index (χ3v) is 9.26. The molecule has 0 spiro atoms. The highest BCUT2D eigenvalue weighted by Gasteiger charge is 2.63. The van der Waals surface area contributed by atoms with Crippen molar-refractivity contribution in [1.29, 1.82) is 0 Å². The Bertz CT molecular complexity index is 1170. The van der Waals surface area contributed by atoms with Crippen LogP contribution in [-0.2, 0) is 23.1 Å². The molecule has 6 nitrogen and oxygen atoms in total. The number of piperidine rings is 1. The molecule has 1 amide bonds. The van der Waals surface area contributed by atoms with Gasteiger partial charge in [-0.3, -0.25) is 14.7 Å². The Morgan fingerprint density at radius 1 is 1.20 bits per heavy atom. The second kappa shape index (κ2) is 8.27. The van der Waals surface area contributed by atoms with Crippen LogP contribution in [0.15, 0.2) is 30.5 Å². The van der Waals surface area contributed by atoms with Gasteiger partial charge in [0.15, 0.2) is 0 Å². The highest BCUT2D eigenvalue weighted by atomic mass is 19.1. The molecule has 2 aliphatic heterocycles. The van der Waals surface area contributed by atoms with E-state index < -0.39 is 16.8 Å². The third kappa shape index (κ3) is 3.66. The number of hydrogen-bond acceptors (Lipinski definition) is 5. The average Bonchev–Trinajstić information content (AvgIpc) is 3.65. The molecule has 7 heteroatoms. The molecule has 1 aromatic carbocycles. The van der Waals surface area contributed by atoms with Gasteiger partial charge in [0.05, 0.1) is 17.7 Å². The van der Waals surface area contributed by atoms with Crippen LogP contribution in [0.3, 0.4) is 0 Å². The fourth-order valence-corrected chi connectivity index (χ4v) is 7.10. The minimum atomic E-state index is -0.986. The van der Waals surface area contributed by atoms with E-state index in [0.29, 0.717) is 25.9 Å². The first-order valence-electron chi connectivity index (χ1n) is 13.0. The van der Waals surface area contributed by atoms with Crippen LogP contribution in [0.25, 0.3) is 0 Å². The van der Waals surface area contributed by atoms with Gasteiger partial charge in [-0.15, -0.1) is 0 Å². The Morgan fingerprint density at radius 3 is 2.74 bits per heavy atom. The quantitative estimate of drug-likeness (QED) is 0.705. The van der Waals surface area contributed by atoms with Gasteiger partial charge in [-0.1, -0.05) is 6.07 Å². The minimum absolute atomic E-state index is 0.00317. The second-order valence-electron chi connectivity index (χ2n) is 11.2. The molecular formula is C28H34FN3O3. The summed E-state index contributed by atoms with van der Waals surface area (Å²) in [5, 5.41) is 23.2. The number of rotatable bonds is 4. The van der Waals surface area contributed by atoms with Crippen molar-refractivity contribution in [3.05, 3.63) is 58.7 Å². The number of aromatic hydroxyl groups is 1. The molecule has 2 aliphatic carbocycles. The Labute approximate surface area is 205 Å². The Kier molecular flexibility index (Phi) is 5.42. The largest absolute Gasteiger partial charge is 0.508 e. The summed E-state index contributed by atoms with van der Waals surface area (Å²) in [7, 11) is 0. The summed E-state index contributed by atoms with van der Waals surface area (Å²) in [6.45, 7) is 4.81. The van der Waals surface area contributed by atoms with Crippen molar-refractivity contribution < 1.29 is 19.4 Å². The van der Waals surface area contributed by atoms with E-state index in [1.807, 2.05) is 13.0 Å². The van der Waals surface area contributed by atoms with E-state index in [0.717, 1.165) is 43.0 Å². The molecule has 4 aliphatic rings. The molecule has 1 saturated carbocycles. The van der Waals surface area contributed by atoms with Gasteiger partial charge in [-0.25, -0.2) is 4.39 Å². The van der Waals surface area contributed by atoms with Crippen LogP contribution in [0.5, 0.6) is 5.75 Å². The smallest absolute Gasteiger partial charge is 0.228 e. The maximum atomic E-state index is 14.2. The molecule has 35 heavy (non-hydrogen) atoms. The first kappa shape index (κ1) is 22.9. The predicted octanol–water partition coefficient (Wildman–Crippen LogP) is 3.11. The molecule has 1 aromatic heterocycles. The number of benzene rings is 1. The normalized spacial score (nSPS) is 30.4. The first-order valence-corrected chi connectivity index (χ1v) is 13.0. The van der Waals surface area contributed by atoms with Crippen LogP contribution in [-0.4, -0.2) is 68.7 Å². The van der Waals surface area contributed by atoms with Crippen molar-refractivity contribution in [3.8, 4) is 5.75 Å². The van der Waals surface area contributed by atoms with Gasteiger partial charge in [0, 0.05) is 37.3 Å². The predicted molar refractivity (Wildman–Crippen MR) is 130 cm³/mol. The Morgan fingerprint density at radius 2 is 1.97 bits per heavy atom. The van der Waals surface area contributed by atoms with Gasteiger partial charge in [0.2, 0.25) is 5.91 Å². The summed E-state index contributed by atoms with van der Waals surface area (Å²) in [6, 6.07) is 6.82. The number of pyridine rings is 1. The number of halogens is 1. The maximum Gasteiger partial charge on any atom is 0.228 e. The summed E-state index contributed by atoms with van der Waals surface area (Å²) >= 11 is 0. The number of amides is 1. The van der Waals surface area contributed by atoms with Gasteiger partial charge < -0.3 is 15.1 Å². The number of aryl methyl sites for hydroxylation is 1. The van der Waals surface area contributed by atoms with Crippen LogP contribution in [0.1, 0.15) is 54.5 Å². The van der Waals surface area contributed by atoms with Crippen molar-refractivity contribution in [2.24, 2.45) is 5.92 Å². The average molecular weight is 480 g/mol. The van der Waals surface area contributed by atoms with Crippen LogP contribution < -0.4 is 0 Å². The zero-order valence-corrected chi connectivity index (χ0v) is 20.3. The molecule has 2 bridgehead atoms. The minimum Gasteiger partial charge on any atom is -0.508 e. The molecule has 2 saturated heterocycles. The highest BCUT2D eigenvalue weighted by Crippen LogP contribution is 2.57. The molecule has 2 N–H and O–H groups in total. The molecule has 0 radical (unpaired) electrons. The van der Waals surface area contributed by atoms with Gasteiger partial charge in [-0.2, -0.15) is 0 Å². The van der Waals surface area contributed by atoms with E-state index in [1.54, 1.807) is 4.90 Å². The van der Waals surface area contributed by atoms with Crippen molar-refractivity contribution in [3.63, 3.8) is 0 Å². The van der Waals surface area contributed by atoms with Crippen molar-refractivity contribution >= 4 is 5.91 Å². The molecule has 3 heterocycles.